The van der Waals surface area contributed by atoms with E-state index in [1.807, 2.05) is 23.2 Å². The second-order valence-corrected chi connectivity index (χ2v) is 6.50. The van der Waals surface area contributed by atoms with Crippen LogP contribution in [0.15, 0.2) is 17.5 Å². The molecule has 0 saturated heterocycles. The van der Waals surface area contributed by atoms with Gasteiger partial charge in [0.15, 0.2) is 0 Å². The average molecular weight is 299 g/mol. The number of nitrogens with zero attached hydrogens (tertiary/aromatic N) is 1. The number of rotatable bonds is 8. The fraction of sp³-hybridized carbons (Fsp3) is 0.500. The first kappa shape index (κ1) is 16.3. The molecule has 1 N–H and O–H groups in total. The lowest BCUT2D eigenvalue weighted by atomic mass is 10.2. The predicted molar refractivity (Wildman–Crippen MR) is 84.9 cm³/mol. The van der Waals surface area contributed by atoms with E-state index in [9.17, 15) is 4.79 Å². The zero-order valence-electron chi connectivity index (χ0n) is 11.6. The van der Waals surface area contributed by atoms with Crippen LogP contribution >= 0.6 is 23.1 Å². The van der Waals surface area contributed by atoms with Gasteiger partial charge >= 0.3 is 5.97 Å². The summed E-state index contributed by atoms with van der Waals surface area (Å²) in [5.74, 6) is 0.265. The van der Waals surface area contributed by atoms with Crippen molar-refractivity contribution in [1.82, 2.24) is 4.90 Å². The lowest BCUT2D eigenvalue weighted by Crippen LogP contribution is -2.28. The largest absolute Gasteiger partial charge is 0.478 e. The maximum atomic E-state index is 10.6. The van der Waals surface area contributed by atoms with Gasteiger partial charge in [0, 0.05) is 23.5 Å². The van der Waals surface area contributed by atoms with E-state index in [4.69, 9.17) is 5.11 Å². The van der Waals surface area contributed by atoms with E-state index in [1.165, 1.54) is 23.1 Å². The smallest absolute Gasteiger partial charge is 0.328 e. The number of carbonyl (C=O) groups is 1. The molecule has 19 heavy (non-hydrogen) atoms. The van der Waals surface area contributed by atoms with Gasteiger partial charge in [0.2, 0.25) is 0 Å². The van der Waals surface area contributed by atoms with Gasteiger partial charge in [-0.1, -0.05) is 0 Å². The Labute approximate surface area is 123 Å². The Kier molecular flexibility index (Phi) is 7.20. The van der Waals surface area contributed by atoms with Crippen molar-refractivity contribution in [2.75, 3.05) is 19.1 Å². The SMILES string of the molecule is CSCCC(C)N(C)Cc1sccc1/C=C/C(=O)O. The third kappa shape index (κ3) is 5.80. The highest BCUT2D eigenvalue weighted by Crippen LogP contribution is 2.21. The first-order chi connectivity index (χ1) is 9.04. The molecule has 1 aromatic rings. The highest BCUT2D eigenvalue weighted by molar-refractivity contribution is 7.98. The predicted octanol–water partition coefficient (Wildman–Crippen LogP) is 3.42. The van der Waals surface area contributed by atoms with Crippen LogP contribution in [0.5, 0.6) is 0 Å². The molecule has 0 amide bonds. The molecule has 106 valence electrons. The molecule has 0 spiro atoms. The molecule has 1 atom stereocenters. The summed E-state index contributed by atoms with van der Waals surface area (Å²) >= 11 is 3.55. The van der Waals surface area contributed by atoms with Gasteiger partial charge in [-0.3, -0.25) is 4.90 Å². The summed E-state index contributed by atoms with van der Waals surface area (Å²) in [6.07, 6.45) is 6.17. The van der Waals surface area contributed by atoms with Gasteiger partial charge in [0.05, 0.1) is 0 Å². The average Bonchev–Trinajstić information content (AvgIpc) is 2.80. The lowest BCUT2D eigenvalue weighted by molar-refractivity contribution is -0.131. The van der Waals surface area contributed by atoms with E-state index in [0.717, 1.165) is 12.1 Å². The van der Waals surface area contributed by atoms with E-state index >= 15 is 0 Å². The Morgan fingerprint density at radius 2 is 2.37 bits per heavy atom. The Bertz CT molecular complexity index is 429. The standard InChI is InChI=1S/C14H21NO2S2/c1-11(6-8-18-3)15(2)10-13-12(7-9-19-13)4-5-14(16)17/h4-5,7,9,11H,6,8,10H2,1-3H3,(H,16,17)/b5-4+. The fourth-order valence-electron chi connectivity index (χ4n) is 1.68. The van der Waals surface area contributed by atoms with Crippen LogP contribution in [-0.4, -0.2) is 41.1 Å². The van der Waals surface area contributed by atoms with Crippen LogP contribution in [0.4, 0.5) is 0 Å². The van der Waals surface area contributed by atoms with Crippen LogP contribution in [0.25, 0.3) is 6.08 Å². The van der Waals surface area contributed by atoms with Crippen molar-refractivity contribution in [2.45, 2.75) is 25.9 Å². The Balaban J connectivity index is 2.61. The molecule has 1 unspecified atom stereocenters. The minimum absolute atomic E-state index is 0.533. The molecule has 0 saturated carbocycles. The molecular weight excluding hydrogens is 278 g/mol. The van der Waals surface area contributed by atoms with Crippen molar-refractivity contribution in [3.8, 4) is 0 Å². The summed E-state index contributed by atoms with van der Waals surface area (Å²) in [6, 6.07) is 2.51. The van der Waals surface area contributed by atoms with Gasteiger partial charge in [-0.2, -0.15) is 11.8 Å². The first-order valence-corrected chi connectivity index (χ1v) is 8.48. The van der Waals surface area contributed by atoms with Gasteiger partial charge < -0.3 is 5.11 Å². The molecule has 0 aliphatic heterocycles. The van der Waals surface area contributed by atoms with Gasteiger partial charge in [-0.05, 0) is 55.5 Å². The lowest BCUT2D eigenvalue weighted by Gasteiger charge is -2.24. The van der Waals surface area contributed by atoms with E-state index in [-0.39, 0.29) is 0 Å². The monoisotopic (exact) mass is 299 g/mol. The van der Waals surface area contributed by atoms with E-state index in [1.54, 1.807) is 17.4 Å². The normalized spacial score (nSPS) is 13.3. The molecular formula is C14H21NO2S2. The topological polar surface area (TPSA) is 40.5 Å². The molecule has 0 aliphatic rings. The van der Waals surface area contributed by atoms with E-state index < -0.39 is 5.97 Å². The highest BCUT2D eigenvalue weighted by Gasteiger charge is 2.11. The van der Waals surface area contributed by atoms with Gasteiger partial charge in [-0.25, -0.2) is 4.79 Å². The molecule has 0 aromatic carbocycles. The Hall–Kier alpha value is -0.780. The number of carboxylic acids is 1. The van der Waals surface area contributed by atoms with Crippen molar-refractivity contribution in [3.63, 3.8) is 0 Å². The van der Waals surface area contributed by atoms with Crippen LogP contribution < -0.4 is 0 Å². The minimum Gasteiger partial charge on any atom is -0.478 e. The number of carboxylic acid groups (broad SMARTS) is 1. The van der Waals surface area contributed by atoms with Crippen molar-refractivity contribution < 1.29 is 9.90 Å². The highest BCUT2D eigenvalue weighted by atomic mass is 32.2. The molecule has 0 bridgehead atoms. The quantitative estimate of drug-likeness (QED) is 0.747. The summed E-state index contributed by atoms with van der Waals surface area (Å²) in [5.41, 5.74) is 1.01. The molecule has 0 radical (unpaired) electrons. The third-order valence-electron chi connectivity index (χ3n) is 3.07. The zero-order chi connectivity index (χ0) is 14.3. The summed E-state index contributed by atoms with van der Waals surface area (Å²) in [7, 11) is 2.12. The minimum atomic E-state index is -0.904. The molecule has 1 rings (SSSR count). The van der Waals surface area contributed by atoms with E-state index in [0.29, 0.717) is 6.04 Å². The maximum Gasteiger partial charge on any atom is 0.328 e. The van der Waals surface area contributed by atoms with Crippen molar-refractivity contribution >= 4 is 35.1 Å². The molecule has 5 heteroatoms. The zero-order valence-corrected chi connectivity index (χ0v) is 13.3. The molecule has 1 heterocycles. The molecule has 3 nitrogen and oxygen atoms in total. The first-order valence-electron chi connectivity index (χ1n) is 6.21. The van der Waals surface area contributed by atoms with Crippen LogP contribution in [0.3, 0.4) is 0 Å². The number of hydrogen-bond acceptors (Lipinski definition) is 4. The number of aliphatic carboxylic acids is 1. The van der Waals surface area contributed by atoms with Crippen LogP contribution in [0.1, 0.15) is 23.8 Å². The number of thioether (sulfide) groups is 1. The summed E-state index contributed by atoms with van der Waals surface area (Å²) in [5, 5.41) is 10.7. The van der Waals surface area contributed by atoms with Crippen molar-refractivity contribution in [3.05, 3.63) is 28.0 Å². The Morgan fingerprint density at radius 3 is 3.00 bits per heavy atom. The summed E-state index contributed by atoms with van der Waals surface area (Å²) in [6.45, 7) is 3.10. The molecule has 1 aromatic heterocycles. The van der Waals surface area contributed by atoms with Gasteiger partial charge in [-0.15, -0.1) is 11.3 Å². The van der Waals surface area contributed by atoms with Crippen LogP contribution in [-0.2, 0) is 11.3 Å². The molecule has 0 fully saturated rings. The second-order valence-electron chi connectivity index (χ2n) is 4.52. The fourth-order valence-corrected chi connectivity index (χ4v) is 3.19. The van der Waals surface area contributed by atoms with Crippen LogP contribution in [0.2, 0.25) is 0 Å². The van der Waals surface area contributed by atoms with Crippen molar-refractivity contribution in [1.29, 1.82) is 0 Å². The maximum absolute atomic E-state index is 10.6. The second kappa shape index (κ2) is 8.40. The third-order valence-corrected chi connectivity index (χ3v) is 4.64. The van der Waals surface area contributed by atoms with Crippen molar-refractivity contribution in [2.24, 2.45) is 0 Å². The van der Waals surface area contributed by atoms with E-state index in [2.05, 4.69) is 25.1 Å². The number of thiophene rings is 1. The summed E-state index contributed by atoms with van der Waals surface area (Å²) < 4.78 is 0. The van der Waals surface area contributed by atoms with Gasteiger partial charge in [0.25, 0.3) is 0 Å². The van der Waals surface area contributed by atoms with Crippen LogP contribution in [0, 0.1) is 0 Å². The Morgan fingerprint density at radius 1 is 1.63 bits per heavy atom. The van der Waals surface area contributed by atoms with Gasteiger partial charge in [0.1, 0.15) is 0 Å². The molecule has 0 aliphatic carbocycles. The summed E-state index contributed by atoms with van der Waals surface area (Å²) in [4.78, 5) is 14.1. The number of hydrogen-bond donors (Lipinski definition) is 1.